The summed E-state index contributed by atoms with van der Waals surface area (Å²) in [6, 6.07) is 8.01. The Morgan fingerprint density at radius 3 is 2.18 bits per heavy atom. The molecule has 22 heavy (non-hydrogen) atoms. The Morgan fingerprint density at radius 1 is 1.23 bits per heavy atom. The fourth-order valence-corrected chi connectivity index (χ4v) is 4.49. The van der Waals surface area contributed by atoms with Crippen molar-refractivity contribution in [1.29, 1.82) is 0 Å². The van der Waals surface area contributed by atoms with Gasteiger partial charge in [-0.3, -0.25) is 4.79 Å². The Hall–Kier alpha value is -0.103. The predicted octanol–water partition coefficient (Wildman–Crippen LogP) is 5.79. The van der Waals surface area contributed by atoms with E-state index in [4.69, 9.17) is 4.43 Å². The van der Waals surface area contributed by atoms with Crippen LogP contribution in [0.3, 0.4) is 0 Å². The van der Waals surface area contributed by atoms with Gasteiger partial charge in [0.15, 0.2) is 8.32 Å². The fraction of sp³-hybridized carbons (Fsp3) is 0.588. The Balaban J connectivity index is 2.68. The molecule has 2 nitrogen and oxygen atoms in total. The minimum Gasteiger partial charge on any atom is -0.413 e. The van der Waals surface area contributed by atoms with Gasteiger partial charge < -0.3 is 4.43 Å². The lowest BCUT2D eigenvalue weighted by Gasteiger charge is -2.39. The molecular formula is C17H27BrO2SSi. The average Bonchev–Trinajstić information content (AvgIpc) is 2.38. The maximum absolute atomic E-state index is 12.4. The topological polar surface area (TPSA) is 26.3 Å². The van der Waals surface area contributed by atoms with E-state index >= 15 is 0 Å². The van der Waals surface area contributed by atoms with Crippen molar-refractivity contribution in [3.63, 3.8) is 0 Å². The summed E-state index contributed by atoms with van der Waals surface area (Å²) < 4.78 is 6.30. The molecule has 1 aromatic carbocycles. The van der Waals surface area contributed by atoms with Crippen molar-refractivity contribution < 1.29 is 9.22 Å². The van der Waals surface area contributed by atoms with E-state index in [0.717, 1.165) is 4.90 Å². The summed E-state index contributed by atoms with van der Waals surface area (Å²) >= 11 is 4.80. The molecule has 0 bridgehead atoms. The summed E-state index contributed by atoms with van der Waals surface area (Å²) in [5, 5.41) is 0.233. The molecule has 0 aromatic heterocycles. The van der Waals surface area contributed by atoms with Crippen LogP contribution in [-0.4, -0.2) is 24.4 Å². The molecule has 0 aliphatic rings. The molecule has 0 spiro atoms. The number of carbonyl (C=O) groups is 1. The molecule has 0 saturated heterocycles. The van der Waals surface area contributed by atoms with Crippen molar-refractivity contribution in [2.24, 2.45) is 0 Å². The van der Waals surface area contributed by atoms with Crippen molar-refractivity contribution in [3.8, 4) is 0 Å². The van der Waals surface area contributed by atoms with E-state index in [9.17, 15) is 4.79 Å². The van der Waals surface area contributed by atoms with Gasteiger partial charge in [-0.05, 0) is 44.1 Å². The third kappa shape index (κ3) is 5.51. The predicted molar refractivity (Wildman–Crippen MR) is 103 cm³/mol. The van der Waals surface area contributed by atoms with Crippen LogP contribution in [-0.2, 0) is 9.22 Å². The molecule has 0 aliphatic heterocycles. The van der Waals surface area contributed by atoms with Gasteiger partial charge in [-0.15, -0.1) is 0 Å². The smallest absolute Gasteiger partial charge is 0.209 e. The number of rotatable bonds is 5. The van der Waals surface area contributed by atoms with Crippen LogP contribution in [0.4, 0.5) is 0 Å². The number of hydrogen-bond donors (Lipinski definition) is 0. The number of carbonyl (C=O) groups excluding carboxylic acids is 1. The summed E-state index contributed by atoms with van der Waals surface area (Å²) in [6.07, 6.45) is -0.133. The Morgan fingerprint density at radius 2 is 1.73 bits per heavy atom. The van der Waals surface area contributed by atoms with Gasteiger partial charge in [0.1, 0.15) is 4.83 Å². The molecule has 5 heteroatoms. The number of hydrogen-bond acceptors (Lipinski definition) is 3. The first-order chi connectivity index (χ1) is 9.94. The van der Waals surface area contributed by atoms with Crippen molar-refractivity contribution in [3.05, 3.63) is 29.8 Å². The molecule has 0 heterocycles. The Kier molecular flexibility index (Phi) is 6.93. The van der Waals surface area contributed by atoms with E-state index < -0.39 is 8.32 Å². The van der Waals surface area contributed by atoms with Gasteiger partial charge >= 0.3 is 0 Å². The fourth-order valence-electron chi connectivity index (χ4n) is 1.67. The number of thioether (sulfide) groups is 1. The van der Waals surface area contributed by atoms with Gasteiger partial charge in [0.05, 0.1) is 6.10 Å². The Bertz CT molecular complexity index is 508. The zero-order valence-electron chi connectivity index (χ0n) is 14.6. The lowest BCUT2D eigenvalue weighted by atomic mass is 10.2. The lowest BCUT2D eigenvalue weighted by molar-refractivity contribution is -0.111. The first-order valence-electron chi connectivity index (χ1n) is 7.54. The normalized spacial score (nSPS) is 15.5. The lowest BCUT2D eigenvalue weighted by Crippen LogP contribution is -2.46. The summed E-state index contributed by atoms with van der Waals surface area (Å²) in [4.78, 5) is 13.1. The first kappa shape index (κ1) is 19.9. The summed E-state index contributed by atoms with van der Waals surface area (Å²) in [5.74, 6) is 0. The molecular weight excluding hydrogens is 376 g/mol. The van der Waals surface area contributed by atoms with Crippen molar-refractivity contribution in [2.45, 2.75) is 68.6 Å². The number of alkyl halides is 1. The highest BCUT2D eigenvalue weighted by molar-refractivity contribution is 9.10. The summed E-state index contributed by atoms with van der Waals surface area (Å²) in [6.45, 7) is 15.1. The van der Waals surface area contributed by atoms with Crippen LogP contribution < -0.4 is 0 Å². The van der Waals surface area contributed by atoms with E-state index in [1.807, 2.05) is 38.1 Å². The zero-order valence-corrected chi connectivity index (χ0v) is 18.0. The molecule has 0 N–H and O–H groups in total. The minimum absolute atomic E-state index is 0.0927. The van der Waals surface area contributed by atoms with Gasteiger partial charge in [0, 0.05) is 4.90 Å². The molecule has 124 valence electrons. The average molecular weight is 403 g/mol. The van der Waals surface area contributed by atoms with Crippen LogP contribution in [0.1, 0.15) is 33.3 Å². The number of halogens is 1. The molecule has 1 aromatic rings. The maximum atomic E-state index is 12.4. The second-order valence-corrected chi connectivity index (χ2v) is 14.0. The van der Waals surface area contributed by atoms with E-state index in [-0.39, 0.29) is 21.1 Å². The monoisotopic (exact) mass is 402 g/mol. The third-order valence-electron chi connectivity index (χ3n) is 4.16. The molecule has 0 unspecified atom stereocenters. The molecule has 0 fully saturated rings. The molecule has 0 aliphatic carbocycles. The van der Waals surface area contributed by atoms with Gasteiger partial charge in [-0.25, -0.2) is 0 Å². The van der Waals surface area contributed by atoms with Crippen LogP contribution in [0, 0.1) is 6.92 Å². The van der Waals surface area contributed by atoms with Crippen LogP contribution >= 0.6 is 27.7 Å². The highest BCUT2D eigenvalue weighted by Gasteiger charge is 2.40. The number of benzene rings is 1. The molecule has 0 amide bonds. The molecule has 1 rings (SSSR count). The van der Waals surface area contributed by atoms with Crippen LogP contribution in [0.2, 0.25) is 18.1 Å². The van der Waals surface area contributed by atoms with Gasteiger partial charge in [-0.1, -0.05) is 66.2 Å². The SMILES string of the molecule is Cc1ccc(SC(=O)[C@H](Br)[C@H](C)O[Si](C)(C)C(C)(C)C)cc1. The van der Waals surface area contributed by atoms with Crippen molar-refractivity contribution in [2.75, 3.05) is 0 Å². The van der Waals surface area contributed by atoms with E-state index in [0.29, 0.717) is 0 Å². The molecule has 0 radical (unpaired) electrons. The number of aryl methyl sites for hydroxylation is 1. The third-order valence-corrected chi connectivity index (χ3v) is 11.2. The van der Waals surface area contributed by atoms with Gasteiger partial charge in [0.25, 0.3) is 0 Å². The van der Waals surface area contributed by atoms with E-state index in [1.165, 1.54) is 17.3 Å². The molecule has 2 atom stereocenters. The summed E-state index contributed by atoms with van der Waals surface area (Å²) in [5.41, 5.74) is 1.20. The second-order valence-electron chi connectivity index (χ2n) is 7.22. The zero-order chi connectivity index (χ0) is 17.1. The first-order valence-corrected chi connectivity index (χ1v) is 12.2. The van der Waals surface area contributed by atoms with Crippen molar-refractivity contribution >= 4 is 41.1 Å². The maximum Gasteiger partial charge on any atom is 0.209 e. The summed E-state index contributed by atoms with van der Waals surface area (Å²) in [7, 11) is -1.87. The molecule has 0 saturated carbocycles. The largest absolute Gasteiger partial charge is 0.413 e. The van der Waals surface area contributed by atoms with Crippen LogP contribution in [0.15, 0.2) is 29.2 Å². The van der Waals surface area contributed by atoms with Crippen LogP contribution in [0.25, 0.3) is 0 Å². The van der Waals surface area contributed by atoms with Crippen LogP contribution in [0.5, 0.6) is 0 Å². The van der Waals surface area contributed by atoms with E-state index in [2.05, 4.69) is 49.8 Å². The van der Waals surface area contributed by atoms with Gasteiger partial charge in [0.2, 0.25) is 5.12 Å². The second kappa shape index (κ2) is 7.64. The minimum atomic E-state index is -1.87. The Labute approximate surface area is 148 Å². The highest BCUT2D eigenvalue weighted by Crippen LogP contribution is 2.38. The quantitative estimate of drug-likeness (QED) is 0.354. The van der Waals surface area contributed by atoms with Crippen molar-refractivity contribution in [1.82, 2.24) is 0 Å². The highest BCUT2D eigenvalue weighted by atomic mass is 79.9. The standard InChI is InChI=1S/C17H27BrO2SSi/c1-12-8-10-14(11-9-12)21-16(19)15(18)13(2)20-22(6,7)17(3,4)5/h8-11,13,15H,1-7H3/t13-,15+/m0/s1. The van der Waals surface area contributed by atoms with E-state index in [1.54, 1.807) is 0 Å². The van der Waals surface area contributed by atoms with Gasteiger partial charge in [-0.2, -0.15) is 0 Å².